The van der Waals surface area contributed by atoms with Crippen LogP contribution < -0.4 is 0 Å². The maximum Gasteiger partial charge on any atom is 0.191 e. The highest BCUT2D eigenvalue weighted by Gasteiger charge is 2.17. The van der Waals surface area contributed by atoms with Crippen molar-refractivity contribution in [2.24, 2.45) is 7.05 Å². The molecule has 0 fully saturated rings. The van der Waals surface area contributed by atoms with E-state index in [1.165, 1.54) is 11.8 Å². The molecule has 6 nitrogen and oxygen atoms in total. The Kier molecular flexibility index (Phi) is 5.25. The minimum absolute atomic E-state index is 0.101. The summed E-state index contributed by atoms with van der Waals surface area (Å²) in [6, 6.07) is 11.9. The summed E-state index contributed by atoms with van der Waals surface area (Å²) < 4.78 is 4.07. The number of benzene rings is 1. The topological polar surface area (TPSA) is 65.6 Å². The van der Waals surface area contributed by atoms with Crippen LogP contribution in [0.4, 0.5) is 0 Å². The van der Waals surface area contributed by atoms with Crippen molar-refractivity contribution in [2.75, 3.05) is 5.75 Å². The molecular weight excluding hydrogens is 370 g/mol. The lowest BCUT2D eigenvalue weighted by atomic mass is 10.1. The molecule has 0 atom stereocenters. The highest BCUT2D eigenvalue weighted by atomic mass is 32.2. The van der Waals surface area contributed by atoms with Gasteiger partial charge in [0, 0.05) is 54.2 Å². The normalized spacial score (nSPS) is 11.2. The fourth-order valence-electron chi connectivity index (χ4n) is 3.30. The summed E-state index contributed by atoms with van der Waals surface area (Å²) in [5.41, 5.74) is 2.83. The lowest BCUT2D eigenvalue weighted by Gasteiger charge is -2.03. The molecule has 0 saturated heterocycles. The number of para-hydroxylation sites is 1. The van der Waals surface area contributed by atoms with Gasteiger partial charge < -0.3 is 9.13 Å². The number of ketones is 1. The van der Waals surface area contributed by atoms with Gasteiger partial charge in [0.25, 0.3) is 0 Å². The van der Waals surface area contributed by atoms with Crippen LogP contribution in [-0.2, 0) is 13.6 Å². The van der Waals surface area contributed by atoms with Gasteiger partial charge in [-0.25, -0.2) is 0 Å². The monoisotopic (exact) mass is 391 g/mol. The number of pyridine rings is 1. The molecule has 3 heterocycles. The zero-order valence-corrected chi connectivity index (χ0v) is 16.7. The highest BCUT2D eigenvalue weighted by molar-refractivity contribution is 7.99. The average molecular weight is 392 g/mol. The van der Waals surface area contributed by atoms with E-state index < -0.39 is 0 Å². The van der Waals surface area contributed by atoms with Crippen molar-refractivity contribution < 1.29 is 4.79 Å². The Balaban J connectivity index is 1.54. The molecule has 0 amide bonds. The summed E-state index contributed by atoms with van der Waals surface area (Å²) >= 11 is 1.41. The van der Waals surface area contributed by atoms with Crippen LogP contribution in [0.15, 0.2) is 60.1 Å². The van der Waals surface area contributed by atoms with E-state index in [0.29, 0.717) is 5.75 Å². The standard InChI is InChI=1S/C21H21N5OS/c1-3-12-26-13-17(16-6-4-5-7-18(16)26)19(27)14-28-21-24-23-20(25(21)2)15-8-10-22-11-9-15/h4-11,13H,3,12,14H2,1-2H3. The first-order valence-corrected chi connectivity index (χ1v) is 10.2. The fraction of sp³-hybridized carbons (Fsp3) is 0.238. The number of rotatable bonds is 7. The Morgan fingerprint density at radius 1 is 1.11 bits per heavy atom. The summed E-state index contributed by atoms with van der Waals surface area (Å²) in [5.74, 6) is 1.18. The Labute approximate surface area is 167 Å². The van der Waals surface area contributed by atoms with E-state index in [1.807, 2.05) is 48.1 Å². The number of thioether (sulfide) groups is 1. The van der Waals surface area contributed by atoms with Crippen LogP contribution in [0.1, 0.15) is 23.7 Å². The van der Waals surface area contributed by atoms with E-state index in [9.17, 15) is 4.79 Å². The van der Waals surface area contributed by atoms with Gasteiger partial charge in [0.2, 0.25) is 0 Å². The van der Waals surface area contributed by atoms with Gasteiger partial charge >= 0.3 is 0 Å². The van der Waals surface area contributed by atoms with Crippen LogP contribution >= 0.6 is 11.8 Å². The van der Waals surface area contributed by atoms with Crippen molar-refractivity contribution in [3.8, 4) is 11.4 Å². The van der Waals surface area contributed by atoms with Crippen LogP contribution in [0.2, 0.25) is 0 Å². The molecule has 0 saturated carbocycles. The van der Waals surface area contributed by atoms with E-state index in [4.69, 9.17) is 0 Å². The first-order chi connectivity index (χ1) is 13.7. The maximum atomic E-state index is 12.9. The van der Waals surface area contributed by atoms with Gasteiger partial charge in [0.05, 0.1) is 5.75 Å². The molecule has 0 aliphatic carbocycles. The number of nitrogens with zero attached hydrogens (tertiary/aromatic N) is 5. The molecule has 0 bridgehead atoms. The number of carbonyl (C=O) groups excluding carboxylic acids is 1. The molecule has 0 N–H and O–H groups in total. The minimum Gasteiger partial charge on any atom is -0.347 e. The molecule has 4 aromatic rings. The number of Topliss-reactive ketones (excluding diaryl/α,β-unsaturated/α-hetero) is 1. The van der Waals surface area contributed by atoms with Crippen LogP contribution in [-0.4, -0.2) is 35.9 Å². The summed E-state index contributed by atoms with van der Waals surface area (Å²) in [6.07, 6.45) is 6.47. The van der Waals surface area contributed by atoms with Gasteiger partial charge in [-0.05, 0) is 24.6 Å². The van der Waals surface area contributed by atoms with Crippen molar-refractivity contribution in [1.82, 2.24) is 24.3 Å². The molecule has 0 aliphatic rings. The van der Waals surface area contributed by atoms with E-state index in [2.05, 4.69) is 32.7 Å². The second-order valence-electron chi connectivity index (χ2n) is 6.57. The Hall–Kier alpha value is -2.93. The number of carbonyl (C=O) groups is 1. The summed E-state index contributed by atoms with van der Waals surface area (Å²) in [4.78, 5) is 17.0. The van der Waals surface area contributed by atoms with E-state index in [-0.39, 0.29) is 5.78 Å². The van der Waals surface area contributed by atoms with Crippen LogP contribution in [0.5, 0.6) is 0 Å². The van der Waals surface area contributed by atoms with E-state index >= 15 is 0 Å². The van der Waals surface area contributed by atoms with Crippen molar-refractivity contribution in [1.29, 1.82) is 0 Å². The smallest absolute Gasteiger partial charge is 0.191 e. The molecular formula is C21H21N5OS. The first-order valence-electron chi connectivity index (χ1n) is 9.22. The maximum absolute atomic E-state index is 12.9. The molecule has 0 aliphatic heterocycles. The quantitative estimate of drug-likeness (QED) is 0.349. The van der Waals surface area contributed by atoms with Crippen molar-refractivity contribution in [3.63, 3.8) is 0 Å². The molecule has 28 heavy (non-hydrogen) atoms. The third-order valence-electron chi connectivity index (χ3n) is 4.66. The van der Waals surface area contributed by atoms with Gasteiger partial charge in [-0.15, -0.1) is 10.2 Å². The van der Waals surface area contributed by atoms with Gasteiger partial charge in [-0.1, -0.05) is 36.9 Å². The number of hydrogen-bond acceptors (Lipinski definition) is 5. The van der Waals surface area contributed by atoms with Crippen molar-refractivity contribution in [2.45, 2.75) is 25.0 Å². The predicted molar refractivity (Wildman–Crippen MR) is 112 cm³/mol. The second kappa shape index (κ2) is 7.98. The molecule has 1 aromatic carbocycles. The average Bonchev–Trinajstić information content (AvgIpc) is 3.28. The molecule has 3 aromatic heterocycles. The van der Waals surface area contributed by atoms with Crippen LogP contribution in [0.25, 0.3) is 22.3 Å². The van der Waals surface area contributed by atoms with Crippen LogP contribution in [0, 0.1) is 0 Å². The molecule has 0 spiro atoms. The third kappa shape index (κ3) is 3.45. The van der Waals surface area contributed by atoms with E-state index in [1.54, 1.807) is 12.4 Å². The zero-order chi connectivity index (χ0) is 19.5. The third-order valence-corrected chi connectivity index (χ3v) is 5.68. The Morgan fingerprint density at radius 3 is 2.68 bits per heavy atom. The Morgan fingerprint density at radius 2 is 1.89 bits per heavy atom. The molecule has 0 radical (unpaired) electrons. The minimum atomic E-state index is 0.101. The fourth-order valence-corrected chi connectivity index (χ4v) is 4.09. The first kappa shape index (κ1) is 18.4. The molecule has 142 valence electrons. The summed E-state index contributed by atoms with van der Waals surface area (Å²) in [5, 5.41) is 10.2. The largest absolute Gasteiger partial charge is 0.347 e. The Bertz CT molecular complexity index is 1120. The van der Waals surface area contributed by atoms with Gasteiger partial charge in [0.15, 0.2) is 16.8 Å². The summed E-state index contributed by atoms with van der Waals surface area (Å²) in [7, 11) is 1.91. The van der Waals surface area contributed by atoms with Crippen molar-refractivity contribution in [3.05, 3.63) is 60.6 Å². The lowest BCUT2D eigenvalue weighted by Crippen LogP contribution is -2.04. The molecule has 7 heteroatoms. The number of fused-ring (bicyclic) bond motifs is 1. The lowest BCUT2D eigenvalue weighted by molar-refractivity contribution is 0.102. The number of hydrogen-bond donors (Lipinski definition) is 0. The van der Waals surface area contributed by atoms with Gasteiger partial charge in [-0.3, -0.25) is 9.78 Å². The van der Waals surface area contributed by atoms with Gasteiger partial charge in [-0.2, -0.15) is 0 Å². The zero-order valence-electron chi connectivity index (χ0n) is 15.9. The molecule has 4 rings (SSSR count). The SMILES string of the molecule is CCCn1cc(C(=O)CSc2nnc(-c3ccncc3)n2C)c2ccccc21. The summed E-state index contributed by atoms with van der Waals surface area (Å²) in [6.45, 7) is 3.04. The highest BCUT2D eigenvalue weighted by Crippen LogP contribution is 2.26. The van der Waals surface area contributed by atoms with Gasteiger partial charge in [0.1, 0.15) is 0 Å². The molecule has 0 unspecified atom stereocenters. The number of aryl methyl sites for hydroxylation is 1. The van der Waals surface area contributed by atoms with E-state index in [0.717, 1.165) is 46.0 Å². The number of aromatic nitrogens is 5. The second-order valence-corrected chi connectivity index (χ2v) is 7.51. The van der Waals surface area contributed by atoms with Crippen LogP contribution in [0.3, 0.4) is 0 Å². The predicted octanol–water partition coefficient (Wildman–Crippen LogP) is 4.22. The van der Waals surface area contributed by atoms with Crippen molar-refractivity contribution >= 4 is 28.4 Å².